The van der Waals surface area contributed by atoms with Gasteiger partial charge in [0.1, 0.15) is 19.8 Å². The molecule has 0 aliphatic carbocycles. The largest absolute Gasteiger partial charge is 0.465 e. The zero-order valence-electron chi connectivity index (χ0n) is 20.6. The molecule has 6 heteroatoms. The van der Waals surface area contributed by atoms with Gasteiger partial charge in [0.15, 0.2) is 0 Å². The topological polar surface area (TPSA) is 78.9 Å². The van der Waals surface area contributed by atoms with Crippen molar-refractivity contribution in [2.24, 2.45) is 5.41 Å². The van der Waals surface area contributed by atoms with Crippen LogP contribution in [0.25, 0.3) is 0 Å². The molecule has 0 bridgehead atoms. The van der Waals surface area contributed by atoms with Gasteiger partial charge in [-0.25, -0.2) is 0 Å². The highest BCUT2D eigenvalue weighted by molar-refractivity contribution is 5.74. The van der Waals surface area contributed by atoms with Gasteiger partial charge in [0, 0.05) is 0 Å². The van der Waals surface area contributed by atoms with Crippen LogP contribution < -0.4 is 0 Å². The maximum Gasteiger partial charge on any atom is 0.310 e. The van der Waals surface area contributed by atoms with Crippen molar-refractivity contribution in [3.8, 4) is 0 Å². The molecular weight excluding hydrogens is 456 g/mol. The maximum absolute atomic E-state index is 12.5. The van der Waals surface area contributed by atoms with Gasteiger partial charge in [0.2, 0.25) is 0 Å². The van der Waals surface area contributed by atoms with E-state index in [1.807, 2.05) is 97.9 Å². The third kappa shape index (κ3) is 9.02. The molecule has 0 heterocycles. The van der Waals surface area contributed by atoms with Gasteiger partial charge in [-0.3, -0.25) is 14.4 Å². The molecule has 0 aliphatic rings. The van der Waals surface area contributed by atoms with Crippen LogP contribution in [-0.4, -0.2) is 37.7 Å². The molecule has 0 unspecified atom stereocenters. The minimum absolute atomic E-state index is 0.0353. The van der Waals surface area contributed by atoms with E-state index >= 15 is 0 Å². The number of benzene rings is 3. The summed E-state index contributed by atoms with van der Waals surface area (Å²) in [7, 11) is 0. The van der Waals surface area contributed by atoms with Crippen molar-refractivity contribution in [1.29, 1.82) is 0 Å². The molecule has 3 aromatic carbocycles. The van der Waals surface area contributed by atoms with Gasteiger partial charge in [-0.05, 0) is 23.1 Å². The van der Waals surface area contributed by atoms with E-state index in [4.69, 9.17) is 14.2 Å². The lowest BCUT2D eigenvalue weighted by atomic mass is 9.88. The predicted molar refractivity (Wildman–Crippen MR) is 136 cm³/mol. The van der Waals surface area contributed by atoms with E-state index in [9.17, 15) is 14.4 Å². The Morgan fingerprint density at radius 2 is 0.806 bits per heavy atom. The maximum atomic E-state index is 12.5. The molecule has 0 radical (unpaired) electrons. The Morgan fingerprint density at radius 3 is 1.06 bits per heavy atom. The molecule has 36 heavy (non-hydrogen) atoms. The fourth-order valence-electron chi connectivity index (χ4n) is 3.57. The predicted octanol–water partition coefficient (Wildman–Crippen LogP) is 4.74. The van der Waals surface area contributed by atoms with Crippen molar-refractivity contribution in [1.82, 2.24) is 0 Å². The normalized spacial score (nSPS) is 10.9. The van der Waals surface area contributed by atoms with E-state index in [1.54, 1.807) is 0 Å². The van der Waals surface area contributed by atoms with Crippen LogP contribution in [-0.2, 0) is 47.9 Å². The number of carbonyl (C=O) groups excluding carboxylic acids is 3. The molecule has 0 spiro atoms. The standard InChI is InChI=1S/C30H32O6/c1-2-30(21-34-27(31)18-24-12-6-3-7-13-24,22-35-28(32)19-25-14-8-4-9-15-25)23-36-29(33)20-26-16-10-5-11-17-26/h3-17H,2,18-23H2,1H3. The van der Waals surface area contributed by atoms with Gasteiger partial charge in [-0.2, -0.15) is 0 Å². The molecular formula is C30H32O6. The first kappa shape index (κ1) is 26.7. The van der Waals surface area contributed by atoms with E-state index in [1.165, 1.54) is 0 Å². The fourth-order valence-corrected chi connectivity index (χ4v) is 3.57. The molecule has 0 saturated heterocycles. The summed E-state index contributed by atoms with van der Waals surface area (Å²) in [5, 5.41) is 0. The number of esters is 3. The van der Waals surface area contributed by atoms with E-state index in [0.717, 1.165) is 16.7 Å². The van der Waals surface area contributed by atoms with E-state index in [2.05, 4.69) is 0 Å². The Hall–Kier alpha value is -3.93. The lowest BCUT2D eigenvalue weighted by Gasteiger charge is -2.31. The monoisotopic (exact) mass is 488 g/mol. The van der Waals surface area contributed by atoms with E-state index in [-0.39, 0.29) is 39.1 Å². The van der Waals surface area contributed by atoms with Gasteiger partial charge in [0.25, 0.3) is 0 Å². The molecule has 3 rings (SSSR count). The molecule has 0 amide bonds. The fraction of sp³-hybridized carbons (Fsp3) is 0.300. The molecule has 0 atom stereocenters. The molecule has 6 nitrogen and oxygen atoms in total. The summed E-state index contributed by atoms with van der Waals surface area (Å²) in [5.41, 5.74) is 1.67. The average Bonchev–Trinajstić information content (AvgIpc) is 2.90. The highest BCUT2D eigenvalue weighted by Gasteiger charge is 2.34. The Bertz CT molecular complexity index is 957. The van der Waals surface area contributed by atoms with E-state index in [0.29, 0.717) is 6.42 Å². The van der Waals surface area contributed by atoms with Gasteiger partial charge in [-0.15, -0.1) is 0 Å². The number of carbonyl (C=O) groups is 3. The Labute approximate surface area is 212 Å². The number of hydrogen-bond donors (Lipinski definition) is 0. The number of ether oxygens (including phenoxy) is 3. The van der Waals surface area contributed by atoms with Crippen LogP contribution in [0.2, 0.25) is 0 Å². The molecule has 0 N–H and O–H groups in total. The van der Waals surface area contributed by atoms with Crippen LogP contribution in [0.4, 0.5) is 0 Å². The van der Waals surface area contributed by atoms with Crippen molar-refractivity contribution in [2.45, 2.75) is 32.6 Å². The van der Waals surface area contributed by atoms with E-state index < -0.39 is 23.3 Å². The van der Waals surface area contributed by atoms with Crippen LogP contribution >= 0.6 is 0 Å². The first-order valence-electron chi connectivity index (χ1n) is 12.1. The van der Waals surface area contributed by atoms with Gasteiger partial charge in [0.05, 0.1) is 24.7 Å². The summed E-state index contributed by atoms with van der Waals surface area (Å²) in [6.45, 7) is 1.78. The lowest BCUT2D eigenvalue weighted by Crippen LogP contribution is -2.39. The van der Waals surface area contributed by atoms with Crippen molar-refractivity contribution < 1.29 is 28.6 Å². The zero-order chi connectivity index (χ0) is 25.6. The zero-order valence-corrected chi connectivity index (χ0v) is 20.6. The van der Waals surface area contributed by atoms with Gasteiger partial charge >= 0.3 is 17.9 Å². The quantitative estimate of drug-likeness (QED) is 0.255. The van der Waals surface area contributed by atoms with Gasteiger partial charge < -0.3 is 14.2 Å². The molecule has 0 aliphatic heterocycles. The van der Waals surface area contributed by atoms with Crippen molar-refractivity contribution in [3.63, 3.8) is 0 Å². The second-order valence-corrected chi connectivity index (χ2v) is 8.82. The first-order chi connectivity index (χ1) is 17.5. The summed E-state index contributed by atoms with van der Waals surface area (Å²) < 4.78 is 16.7. The third-order valence-corrected chi connectivity index (χ3v) is 5.94. The molecule has 0 saturated carbocycles. The second-order valence-electron chi connectivity index (χ2n) is 8.82. The summed E-state index contributed by atoms with van der Waals surface area (Å²) >= 11 is 0. The van der Waals surface area contributed by atoms with Crippen LogP contribution in [0.5, 0.6) is 0 Å². The highest BCUT2D eigenvalue weighted by atomic mass is 16.6. The second kappa shape index (κ2) is 13.8. The summed E-state index contributed by atoms with van der Waals surface area (Å²) in [4.78, 5) is 37.5. The summed E-state index contributed by atoms with van der Waals surface area (Å²) in [5.74, 6) is -1.19. The highest BCUT2D eigenvalue weighted by Crippen LogP contribution is 2.25. The Balaban J connectivity index is 1.62. The van der Waals surface area contributed by atoms with Crippen LogP contribution in [0.15, 0.2) is 91.0 Å². The molecule has 0 fully saturated rings. The van der Waals surface area contributed by atoms with Crippen LogP contribution in [0.3, 0.4) is 0 Å². The van der Waals surface area contributed by atoms with Gasteiger partial charge in [-0.1, -0.05) is 97.9 Å². The van der Waals surface area contributed by atoms with Crippen molar-refractivity contribution in [2.75, 3.05) is 19.8 Å². The average molecular weight is 489 g/mol. The number of rotatable bonds is 13. The first-order valence-corrected chi connectivity index (χ1v) is 12.1. The molecule has 188 valence electrons. The van der Waals surface area contributed by atoms with Crippen LogP contribution in [0.1, 0.15) is 30.0 Å². The summed E-state index contributed by atoms with van der Waals surface area (Å²) in [6.07, 6.45) is 0.857. The number of hydrogen-bond acceptors (Lipinski definition) is 6. The lowest BCUT2D eigenvalue weighted by molar-refractivity contribution is -0.161. The Kier molecular flexibility index (Phi) is 10.2. The third-order valence-electron chi connectivity index (χ3n) is 5.94. The summed E-state index contributed by atoms with van der Waals surface area (Å²) in [6, 6.07) is 27.9. The van der Waals surface area contributed by atoms with Crippen molar-refractivity contribution in [3.05, 3.63) is 108 Å². The minimum Gasteiger partial charge on any atom is -0.465 e. The molecule has 0 aromatic heterocycles. The minimum atomic E-state index is -0.856. The Morgan fingerprint density at radius 1 is 0.528 bits per heavy atom. The SMILES string of the molecule is CCC(COC(=O)Cc1ccccc1)(COC(=O)Cc1ccccc1)COC(=O)Cc1ccccc1. The van der Waals surface area contributed by atoms with Crippen LogP contribution in [0, 0.1) is 5.41 Å². The smallest absolute Gasteiger partial charge is 0.310 e. The molecule has 3 aromatic rings. The van der Waals surface area contributed by atoms with Crippen molar-refractivity contribution >= 4 is 17.9 Å².